The van der Waals surface area contributed by atoms with Crippen LogP contribution in [-0.4, -0.2) is 22.3 Å². The van der Waals surface area contributed by atoms with Crippen LogP contribution in [-0.2, 0) is 24.2 Å². The summed E-state index contributed by atoms with van der Waals surface area (Å²) in [6, 6.07) is 11.1. The molecule has 0 saturated carbocycles. The summed E-state index contributed by atoms with van der Waals surface area (Å²) in [5.41, 5.74) is 3.98. The summed E-state index contributed by atoms with van der Waals surface area (Å²) in [5, 5.41) is 7.37. The largest absolute Gasteiger partial charge is 0.377 e. The van der Waals surface area contributed by atoms with Crippen molar-refractivity contribution in [3.63, 3.8) is 0 Å². The number of ether oxygens (including phenoxy) is 1. The van der Waals surface area contributed by atoms with E-state index in [0.29, 0.717) is 30.3 Å². The predicted molar refractivity (Wildman–Crippen MR) is 105 cm³/mol. The molecule has 3 aromatic rings. The van der Waals surface area contributed by atoms with Gasteiger partial charge in [0.15, 0.2) is 17.3 Å². The molecule has 1 heterocycles. The van der Waals surface area contributed by atoms with E-state index in [2.05, 4.69) is 10.4 Å². The second-order valence-corrected chi connectivity index (χ2v) is 6.89. The second kappa shape index (κ2) is 8.13. The summed E-state index contributed by atoms with van der Waals surface area (Å²) in [4.78, 5) is 13.0. The minimum atomic E-state index is -0.944. The molecule has 1 amide bonds. The molecule has 0 spiro atoms. The Bertz CT molecular complexity index is 1060. The number of para-hydroxylation sites is 1. The van der Waals surface area contributed by atoms with Crippen LogP contribution < -0.4 is 5.32 Å². The molecular formula is C22H21F2N3O2. The topological polar surface area (TPSA) is 56.1 Å². The lowest BCUT2D eigenvalue weighted by atomic mass is 10.1. The van der Waals surface area contributed by atoms with Crippen molar-refractivity contribution in [3.05, 3.63) is 76.6 Å². The molecule has 0 unspecified atom stereocenters. The number of nitrogens with zero attached hydrogens (tertiary/aromatic N) is 2. The first-order valence-electron chi connectivity index (χ1n) is 9.61. The highest BCUT2D eigenvalue weighted by molar-refractivity contribution is 6.04. The van der Waals surface area contributed by atoms with Gasteiger partial charge in [-0.05, 0) is 44.4 Å². The summed E-state index contributed by atoms with van der Waals surface area (Å²) in [6.07, 6.45) is 2.34. The number of fused-ring (bicyclic) bond motifs is 1. The normalized spacial score (nSPS) is 12.8. The van der Waals surface area contributed by atoms with Crippen molar-refractivity contribution in [2.24, 2.45) is 0 Å². The average Bonchev–Trinajstić information content (AvgIpc) is 3.32. The van der Waals surface area contributed by atoms with Gasteiger partial charge in [-0.25, -0.2) is 13.5 Å². The second-order valence-electron chi connectivity index (χ2n) is 6.89. The molecule has 1 aliphatic rings. The highest BCUT2D eigenvalue weighted by atomic mass is 19.2. The summed E-state index contributed by atoms with van der Waals surface area (Å²) in [6.45, 7) is 2.89. The molecule has 0 aliphatic heterocycles. The third kappa shape index (κ3) is 3.78. The zero-order valence-electron chi connectivity index (χ0n) is 16.0. The van der Waals surface area contributed by atoms with Crippen LogP contribution in [0.5, 0.6) is 0 Å². The Morgan fingerprint density at radius 3 is 2.79 bits per heavy atom. The molecule has 7 heteroatoms. The first-order valence-corrected chi connectivity index (χ1v) is 9.61. The Hall–Kier alpha value is -3.06. The fraction of sp³-hybridized carbons (Fsp3) is 0.273. The zero-order valence-corrected chi connectivity index (χ0v) is 16.0. The van der Waals surface area contributed by atoms with E-state index in [0.717, 1.165) is 48.2 Å². The zero-order chi connectivity index (χ0) is 20.4. The highest BCUT2D eigenvalue weighted by Crippen LogP contribution is 2.29. The van der Waals surface area contributed by atoms with E-state index in [1.165, 1.54) is 6.07 Å². The molecule has 29 heavy (non-hydrogen) atoms. The smallest absolute Gasteiger partial charge is 0.276 e. The molecular weight excluding hydrogens is 376 g/mol. The number of hydrogen-bond acceptors (Lipinski definition) is 3. The van der Waals surface area contributed by atoms with Crippen molar-refractivity contribution in [1.82, 2.24) is 9.78 Å². The number of aromatic nitrogens is 2. The van der Waals surface area contributed by atoms with E-state index in [4.69, 9.17) is 4.74 Å². The lowest BCUT2D eigenvalue weighted by molar-refractivity contribution is 0.102. The molecule has 1 aromatic heterocycles. The van der Waals surface area contributed by atoms with Crippen molar-refractivity contribution in [3.8, 4) is 5.69 Å². The summed E-state index contributed by atoms with van der Waals surface area (Å²) in [5.74, 6) is -2.18. The molecule has 2 aromatic carbocycles. The fourth-order valence-electron chi connectivity index (χ4n) is 3.61. The molecule has 150 valence electrons. The maximum atomic E-state index is 13.7. The van der Waals surface area contributed by atoms with Crippen LogP contribution in [0.4, 0.5) is 14.5 Å². The van der Waals surface area contributed by atoms with Gasteiger partial charge in [-0.15, -0.1) is 0 Å². The first kappa shape index (κ1) is 19.3. The van der Waals surface area contributed by atoms with Gasteiger partial charge in [0.25, 0.3) is 5.91 Å². The van der Waals surface area contributed by atoms with Crippen molar-refractivity contribution >= 4 is 11.6 Å². The standard InChI is InChI=1S/C22H21F2N3O2/c1-2-29-13-14-6-3-4-8-19(14)25-22(28)21-16-7-5-9-20(16)27(26-21)15-10-11-17(23)18(24)12-15/h3-4,6,8,10-12H,2,5,7,9,13H2,1H3,(H,25,28). The summed E-state index contributed by atoms with van der Waals surface area (Å²) < 4.78 is 34.0. The number of anilines is 1. The number of amides is 1. The van der Waals surface area contributed by atoms with Crippen LogP contribution in [0.1, 0.15) is 40.7 Å². The van der Waals surface area contributed by atoms with Gasteiger partial charge in [0.1, 0.15) is 0 Å². The van der Waals surface area contributed by atoms with E-state index < -0.39 is 11.6 Å². The van der Waals surface area contributed by atoms with E-state index in [1.807, 2.05) is 31.2 Å². The molecule has 0 bridgehead atoms. The van der Waals surface area contributed by atoms with Crippen LogP contribution in [0.25, 0.3) is 5.69 Å². The lowest BCUT2D eigenvalue weighted by Crippen LogP contribution is -2.16. The van der Waals surface area contributed by atoms with E-state index in [-0.39, 0.29) is 5.91 Å². The van der Waals surface area contributed by atoms with Gasteiger partial charge in [0, 0.05) is 35.2 Å². The lowest BCUT2D eigenvalue weighted by Gasteiger charge is -2.10. The molecule has 0 saturated heterocycles. The Labute approximate surface area is 167 Å². The summed E-state index contributed by atoms with van der Waals surface area (Å²) >= 11 is 0. The maximum absolute atomic E-state index is 13.7. The monoisotopic (exact) mass is 397 g/mol. The Balaban J connectivity index is 1.66. The summed E-state index contributed by atoms with van der Waals surface area (Å²) in [7, 11) is 0. The number of carbonyl (C=O) groups excluding carboxylic acids is 1. The maximum Gasteiger partial charge on any atom is 0.276 e. The Morgan fingerprint density at radius 2 is 2.00 bits per heavy atom. The molecule has 0 fully saturated rings. The third-order valence-electron chi connectivity index (χ3n) is 5.02. The van der Waals surface area contributed by atoms with Gasteiger partial charge in [-0.2, -0.15) is 5.10 Å². The van der Waals surface area contributed by atoms with Crippen LogP contribution in [0.2, 0.25) is 0 Å². The van der Waals surface area contributed by atoms with Gasteiger partial charge in [0.2, 0.25) is 0 Å². The highest BCUT2D eigenvalue weighted by Gasteiger charge is 2.27. The number of rotatable bonds is 6. The molecule has 4 rings (SSSR count). The van der Waals surface area contributed by atoms with Crippen LogP contribution in [0.3, 0.4) is 0 Å². The van der Waals surface area contributed by atoms with Crippen molar-refractivity contribution in [2.75, 3.05) is 11.9 Å². The third-order valence-corrected chi connectivity index (χ3v) is 5.02. The number of nitrogens with one attached hydrogen (secondary N) is 1. The fourth-order valence-corrected chi connectivity index (χ4v) is 3.61. The van der Waals surface area contributed by atoms with Gasteiger partial charge in [-0.1, -0.05) is 18.2 Å². The molecule has 0 radical (unpaired) electrons. The first-order chi connectivity index (χ1) is 14.1. The Kier molecular flexibility index (Phi) is 5.40. The number of halogens is 2. The van der Waals surface area contributed by atoms with E-state index in [1.54, 1.807) is 4.68 Å². The minimum Gasteiger partial charge on any atom is -0.377 e. The molecule has 1 N–H and O–H groups in total. The van der Waals surface area contributed by atoms with Gasteiger partial charge in [0.05, 0.1) is 12.3 Å². The number of benzene rings is 2. The van der Waals surface area contributed by atoms with Gasteiger partial charge < -0.3 is 10.1 Å². The van der Waals surface area contributed by atoms with Crippen LogP contribution in [0, 0.1) is 11.6 Å². The molecule has 0 atom stereocenters. The quantitative estimate of drug-likeness (QED) is 0.670. The minimum absolute atomic E-state index is 0.313. The number of hydrogen-bond donors (Lipinski definition) is 1. The van der Waals surface area contributed by atoms with Gasteiger partial charge in [-0.3, -0.25) is 4.79 Å². The Morgan fingerprint density at radius 1 is 1.17 bits per heavy atom. The van der Waals surface area contributed by atoms with E-state index >= 15 is 0 Å². The molecule has 5 nitrogen and oxygen atoms in total. The predicted octanol–water partition coefficient (Wildman–Crippen LogP) is 4.43. The van der Waals surface area contributed by atoms with E-state index in [9.17, 15) is 13.6 Å². The van der Waals surface area contributed by atoms with Crippen LogP contribution in [0.15, 0.2) is 42.5 Å². The van der Waals surface area contributed by atoms with Crippen molar-refractivity contribution in [2.45, 2.75) is 32.8 Å². The van der Waals surface area contributed by atoms with Gasteiger partial charge >= 0.3 is 0 Å². The van der Waals surface area contributed by atoms with Crippen molar-refractivity contribution < 1.29 is 18.3 Å². The molecule has 1 aliphatic carbocycles. The van der Waals surface area contributed by atoms with Crippen LogP contribution >= 0.6 is 0 Å². The van der Waals surface area contributed by atoms with Crippen molar-refractivity contribution in [1.29, 1.82) is 0 Å². The SMILES string of the molecule is CCOCc1ccccc1NC(=O)c1nn(-c2ccc(F)c(F)c2)c2c1CCC2. The number of carbonyl (C=O) groups is 1. The average molecular weight is 397 g/mol.